The quantitative estimate of drug-likeness (QED) is 0.726. The predicted molar refractivity (Wildman–Crippen MR) is 60.4 cm³/mol. The van der Waals surface area contributed by atoms with Crippen molar-refractivity contribution in [2.45, 2.75) is 32.1 Å². The van der Waals surface area contributed by atoms with Crippen molar-refractivity contribution in [2.24, 2.45) is 5.92 Å². The molecule has 1 aliphatic carbocycles. The summed E-state index contributed by atoms with van der Waals surface area (Å²) in [6.07, 6.45) is 5.36. The van der Waals surface area contributed by atoms with E-state index in [-0.39, 0.29) is 18.2 Å². The first-order chi connectivity index (χ1) is 7.53. The summed E-state index contributed by atoms with van der Waals surface area (Å²) in [6, 6.07) is 0. The number of carbonyl (C=O) groups is 1. The molecule has 0 amide bonds. The summed E-state index contributed by atoms with van der Waals surface area (Å²) in [6.45, 7) is -0.272. The molecule has 0 aliphatic heterocycles. The molecule has 1 aliphatic rings. The fourth-order valence-corrected chi connectivity index (χ4v) is 3.37. The Morgan fingerprint density at radius 2 is 1.94 bits per heavy atom. The van der Waals surface area contributed by atoms with Crippen molar-refractivity contribution >= 4 is 16.0 Å². The van der Waals surface area contributed by atoms with Gasteiger partial charge in [0.1, 0.15) is 6.54 Å². The third-order valence-corrected chi connectivity index (χ3v) is 4.34. The Morgan fingerprint density at radius 3 is 2.50 bits per heavy atom. The highest BCUT2D eigenvalue weighted by Gasteiger charge is 2.21. The van der Waals surface area contributed by atoms with Gasteiger partial charge in [0, 0.05) is 0 Å². The van der Waals surface area contributed by atoms with E-state index in [1.54, 1.807) is 0 Å². The summed E-state index contributed by atoms with van der Waals surface area (Å²) in [5, 5.41) is 0. The summed E-state index contributed by atoms with van der Waals surface area (Å²) < 4.78 is 29.8. The number of rotatable bonds is 5. The first-order valence-electron chi connectivity index (χ1n) is 5.57. The maximum absolute atomic E-state index is 11.6. The van der Waals surface area contributed by atoms with Crippen molar-refractivity contribution in [3.63, 3.8) is 0 Å². The van der Waals surface area contributed by atoms with E-state index < -0.39 is 16.0 Å². The molecule has 0 unspecified atom stereocenters. The van der Waals surface area contributed by atoms with Crippen molar-refractivity contribution in [3.8, 4) is 0 Å². The average Bonchev–Trinajstić information content (AvgIpc) is 2.27. The van der Waals surface area contributed by atoms with E-state index in [0.29, 0.717) is 0 Å². The Labute approximate surface area is 96.6 Å². The largest absolute Gasteiger partial charge is 0.468 e. The van der Waals surface area contributed by atoms with Crippen LogP contribution in [0.1, 0.15) is 32.1 Å². The number of ether oxygens (including phenoxy) is 1. The van der Waals surface area contributed by atoms with E-state index in [9.17, 15) is 13.2 Å². The van der Waals surface area contributed by atoms with Crippen LogP contribution in [0, 0.1) is 5.92 Å². The minimum absolute atomic E-state index is 0.129. The van der Waals surface area contributed by atoms with E-state index >= 15 is 0 Å². The highest BCUT2D eigenvalue weighted by atomic mass is 32.2. The van der Waals surface area contributed by atoms with Crippen LogP contribution < -0.4 is 4.72 Å². The van der Waals surface area contributed by atoms with Crippen LogP contribution in [0.25, 0.3) is 0 Å². The summed E-state index contributed by atoms with van der Waals surface area (Å²) in [5.41, 5.74) is 0. The molecule has 16 heavy (non-hydrogen) atoms. The molecule has 0 radical (unpaired) electrons. The lowest BCUT2D eigenvalue weighted by Crippen LogP contribution is -2.34. The van der Waals surface area contributed by atoms with Gasteiger partial charge in [0.15, 0.2) is 0 Å². The lowest BCUT2D eigenvalue weighted by Gasteiger charge is -2.21. The molecule has 0 aromatic heterocycles. The molecular weight excluding hydrogens is 230 g/mol. The number of carbonyl (C=O) groups excluding carboxylic acids is 1. The summed E-state index contributed by atoms with van der Waals surface area (Å²) in [5.74, 6) is -0.194. The lowest BCUT2D eigenvalue weighted by molar-refractivity contribution is -0.139. The topological polar surface area (TPSA) is 72.5 Å². The average molecular weight is 249 g/mol. The van der Waals surface area contributed by atoms with Gasteiger partial charge in [0.2, 0.25) is 10.0 Å². The number of hydrogen-bond acceptors (Lipinski definition) is 4. The number of nitrogens with one attached hydrogen (secondary N) is 1. The smallest absolute Gasteiger partial charge is 0.320 e. The monoisotopic (exact) mass is 249 g/mol. The molecule has 6 heteroatoms. The van der Waals surface area contributed by atoms with Crippen molar-refractivity contribution in [1.29, 1.82) is 0 Å². The maximum atomic E-state index is 11.6. The molecular formula is C10H19NO4S. The third kappa shape index (κ3) is 4.94. The van der Waals surface area contributed by atoms with Crippen molar-refractivity contribution < 1.29 is 17.9 Å². The zero-order chi connectivity index (χ0) is 12.0. The van der Waals surface area contributed by atoms with Gasteiger partial charge in [0.25, 0.3) is 0 Å². The van der Waals surface area contributed by atoms with E-state index in [4.69, 9.17) is 0 Å². The van der Waals surface area contributed by atoms with Crippen molar-refractivity contribution in [2.75, 3.05) is 19.4 Å². The second-order valence-corrected chi connectivity index (χ2v) is 6.03. The third-order valence-electron chi connectivity index (χ3n) is 2.84. The molecule has 5 nitrogen and oxygen atoms in total. The lowest BCUT2D eigenvalue weighted by atomic mass is 9.91. The van der Waals surface area contributed by atoms with E-state index in [2.05, 4.69) is 9.46 Å². The molecule has 0 saturated heterocycles. The number of sulfonamides is 1. The normalized spacial score (nSPS) is 18.3. The van der Waals surface area contributed by atoms with E-state index in [1.165, 1.54) is 13.5 Å². The molecule has 0 aromatic carbocycles. The molecule has 0 bridgehead atoms. The van der Waals surface area contributed by atoms with Gasteiger partial charge in [0.05, 0.1) is 12.9 Å². The summed E-state index contributed by atoms with van der Waals surface area (Å²) >= 11 is 0. The van der Waals surface area contributed by atoms with Crippen LogP contribution in [0.2, 0.25) is 0 Å². The molecule has 1 N–H and O–H groups in total. The van der Waals surface area contributed by atoms with Gasteiger partial charge in [-0.3, -0.25) is 4.79 Å². The molecule has 1 fully saturated rings. The molecule has 0 heterocycles. The Hall–Kier alpha value is -0.620. The van der Waals surface area contributed by atoms with Gasteiger partial charge < -0.3 is 4.74 Å². The van der Waals surface area contributed by atoms with Gasteiger partial charge in [-0.15, -0.1) is 0 Å². The van der Waals surface area contributed by atoms with Crippen molar-refractivity contribution in [1.82, 2.24) is 4.72 Å². The minimum atomic E-state index is -3.34. The van der Waals surface area contributed by atoms with Crippen LogP contribution in [-0.2, 0) is 19.6 Å². The second-order valence-electron chi connectivity index (χ2n) is 4.18. The van der Waals surface area contributed by atoms with E-state index in [0.717, 1.165) is 25.7 Å². The highest BCUT2D eigenvalue weighted by Crippen LogP contribution is 2.24. The SMILES string of the molecule is COC(=O)CNS(=O)(=O)CC1CCCCC1. The maximum Gasteiger partial charge on any atom is 0.320 e. The summed E-state index contributed by atoms with van der Waals surface area (Å²) in [4.78, 5) is 10.8. The molecule has 94 valence electrons. The molecule has 1 saturated carbocycles. The van der Waals surface area contributed by atoms with E-state index in [1.807, 2.05) is 0 Å². The molecule has 0 aromatic rings. The van der Waals surface area contributed by atoms with Gasteiger partial charge in [-0.05, 0) is 18.8 Å². The summed E-state index contributed by atoms with van der Waals surface area (Å²) in [7, 11) is -2.10. The predicted octanol–water partition coefficient (Wildman–Crippen LogP) is 0.659. The Morgan fingerprint density at radius 1 is 1.31 bits per heavy atom. The van der Waals surface area contributed by atoms with Gasteiger partial charge >= 0.3 is 5.97 Å². The molecule has 1 rings (SSSR count). The van der Waals surface area contributed by atoms with Gasteiger partial charge in [-0.2, -0.15) is 0 Å². The van der Waals surface area contributed by atoms with Gasteiger partial charge in [-0.25, -0.2) is 13.1 Å². The number of methoxy groups -OCH3 is 1. The standard InChI is InChI=1S/C10H19NO4S/c1-15-10(12)7-11-16(13,14)8-9-5-3-2-4-6-9/h9,11H,2-8H2,1H3. The first kappa shape index (κ1) is 13.4. The minimum Gasteiger partial charge on any atom is -0.468 e. The van der Waals surface area contributed by atoms with Crippen LogP contribution in [0.4, 0.5) is 0 Å². The first-order valence-corrected chi connectivity index (χ1v) is 7.23. The fourth-order valence-electron chi connectivity index (χ4n) is 1.96. The molecule has 0 spiro atoms. The van der Waals surface area contributed by atoms with Crippen molar-refractivity contribution in [3.05, 3.63) is 0 Å². The second kappa shape index (κ2) is 6.20. The van der Waals surface area contributed by atoms with Crippen LogP contribution in [0.15, 0.2) is 0 Å². The molecule has 0 atom stereocenters. The van der Waals surface area contributed by atoms with Crippen LogP contribution in [-0.4, -0.2) is 33.8 Å². The zero-order valence-corrected chi connectivity index (χ0v) is 10.4. The van der Waals surface area contributed by atoms with Crippen LogP contribution in [0.3, 0.4) is 0 Å². The fraction of sp³-hybridized carbons (Fsp3) is 0.900. The van der Waals surface area contributed by atoms with Gasteiger partial charge in [-0.1, -0.05) is 19.3 Å². The van der Waals surface area contributed by atoms with Crippen LogP contribution in [0.5, 0.6) is 0 Å². The Kier molecular flexibility index (Phi) is 5.21. The Bertz CT molecular complexity index is 320. The highest BCUT2D eigenvalue weighted by molar-refractivity contribution is 7.89. The zero-order valence-electron chi connectivity index (χ0n) is 9.57. The number of esters is 1. The van der Waals surface area contributed by atoms with Crippen LogP contribution >= 0.6 is 0 Å². The Balaban J connectivity index is 2.35. The number of hydrogen-bond donors (Lipinski definition) is 1.